The molecule has 3 nitrogen and oxygen atoms in total. The van der Waals surface area contributed by atoms with E-state index in [9.17, 15) is 8.78 Å². The summed E-state index contributed by atoms with van der Waals surface area (Å²) < 4.78 is 26.9. The first kappa shape index (κ1) is 10.9. The molecule has 2 aromatic rings. The van der Waals surface area contributed by atoms with Crippen LogP contribution in [0.25, 0.3) is 5.65 Å². The van der Waals surface area contributed by atoms with Crippen molar-refractivity contribution >= 4 is 17.2 Å². The van der Waals surface area contributed by atoms with E-state index in [1.807, 2.05) is 0 Å². The van der Waals surface area contributed by atoms with Crippen molar-refractivity contribution in [3.63, 3.8) is 0 Å². The average Bonchev–Trinajstić information content (AvgIpc) is 3.02. The molecule has 2 heterocycles. The standard InChI is InChI=1S/C11H10ClF2N3/c1-5-4-7(9(13)14)8(12)17-11(5)15-10(16-17)6-2-3-6/h4,6,9H,2-3H2,1H3. The molecule has 1 aliphatic rings. The average molecular weight is 258 g/mol. The van der Waals surface area contributed by atoms with Crippen LogP contribution in [0.15, 0.2) is 6.07 Å². The number of pyridine rings is 1. The van der Waals surface area contributed by atoms with Gasteiger partial charge in [0.05, 0.1) is 5.56 Å². The number of halogens is 3. The van der Waals surface area contributed by atoms with Crippen LogP contribution in [0.4, 0.5) is 8.78 Å². The van der Waals surface area contributed by atoms with Crippen LogP contribution in [0.5, 0.6) is 0 Å². The predicted octanol–water partition coefficient (Wildman–Crippen LogP) is 3.51. The van der Waals surface area contributed by atoms with Crippen LogP contribution < -0.4 is 0 Å². The highest BCUT2D eigenvalue weighted by molar-refractivity contribution is 6.30. The number of hydrogen-bond donors (Lipinski definition) is 0. The van der Waals surface area contributed by atoms with Gasteiger partial charge >= 0.3 is 0 Å². The van der Waals surface area contributed by atoms with Gasteiger partial charge in [0.1, 0.15) is 5.15 Å². The smallest absolute Gasteiger partial charge is 0.211 e. The summed E-state index contributed by atoms with van der Waals surface area (Å²) in [6.45, 7) is 1.74. The van der Waals surface area contributed by atoms with E-state index >= 15 is 0 Å². The topological polar surface area (TPSA) is 30.2 Å². The summed E-state index contributed by atoms with van der Waals surface area (Å²) in [5, 5.41) is 4.18. The number of aryl methyl sites for hydroxylation is 1. The second-order valence-corrected chi connectivity index (χ2v) is 4.71. The third-order valence-electron chi connectivity index (χ3n) is 2.95. The van der Waals surface area contributed by atoms with E-state index in [0.717, 1.165) is 12.8 Å². The maximum absolute atomic E-state index is 12.8. The monoisotopic (exact) mass is 257 g/mol. The van der Waals surface area contributed by atoms with Gasteiger partial charge in [0.2, 0.25) is 0 Å². The Hall–Kier alpha value is -1.23. The number of rotatable bonds is 2. The summed E-state index contributed by atoms with van der Waals surface area (Å²) in [6, 6.07) is 1.38. The maximum atomic E-state index is 12.8. The predicted molar refractivity (Wildman–Crippen MR) is 59.7 cm³/mol. The molecule has 0 atom stereocenters. The Labute approximate surface area is 101 Å². The number of aromatic nitrogens is 3. The van der Waals surface area contributed by atoms with Gasteiger partial charge in [0, 0.05) is 5.92 Å². The first-order valence-electron chi connectivity index (χ1n) is 5.41. The maximum Gasteiger partial charge on any atom is 0.266 e. The van der Waals surface area contributed by atoms with Gasteiger partial charge in [0.15, 0.2) is 11.5 Å². The first-order chi connectivity index (χ1) is 8.08. The minimum atomic E-state index is -2.60. The second kappa shape index (κ2) is 3.63. The van der Waals surface area contributed by atoms with Crippen molar-refractivity contribution in [2.45, 2.75) is 32.1 Å². The lowest BCUT2D eigenvalue weighted by Gasteiger charge is -2.06. The van der Waals surface area contributed by atoms with E-state index in [0.29, 0.717) is 23.0 Å². The molecule has 0 unspecified atom stereocenters. The molecular formula is C11H10ClF2N3. The fraction of sp³-hybridized carbons (Fsp3) is 0.455. The molecule has 0 radical (unpaired) electrons. The van der Waals surface area contributed by atoms with Crippen molar-refractivity contribution in [1.82, 2.24) is 14.6 Å². The minimum absolute atomic E-state index is 0.0417. The highest BCUT2D eigenvalue weighted by atomic mass is 35.5. The van der Waals surface area contributed by atoms with Crippen LogP contribution in [0.2, 0.25) is 5.15 Å². The Kier molecular flexibility index (Phi) is 2.33. The molecule has 6 heteroatoms. The normalized spacial score (nSPS) is 16.1. The Bertz CT molecular complexity index is 590. The zero-order valence-electron chi connectivity index (χ0n) is 9.12. The third-order valence-corrected chi connectivity index (χ3v) is 3.33. The van der Waals surface area contributed by atoms with Gasteiger partial charge in [0.25, 0.3) is 6.43 Å². The third kappa shape index (κ3) is 1.69. The Balaban J connectivity index is 2.26. The molecule has 0 spiro atoms. The molecule has 0 N–H and O–H groups in total. The van der Waals surface area contributed by atoms with Crippen molar-refractivity contribution in [3.8, 4) is 0 Å². The highest BCUT2D eigenvalue weighted by Crippen LogP contribution is 2.39. The highest BCUT2D eigenvalue weighted by Gasteiger charge is 2.29. The summed E-state index contributed by atoms with van der Waals surface area (Å²) in [6.07, 6.45) is -0.469. The van der Waals surface area contributed by atoms with Crippen molar-refractivity contribution in [2.24, 2.45) is 0 Å². The zero-order valence-corrected chi connectivity index (χ0v) is 9.88. The molecule has 0 aliphatic heterocycles. The van der Waals surface area contributed by atoms with Crippen LogP contribution in [-0.4, -0.2) is 14.6 Å². The molecule has 3 rings (SSSR count). The van der Waals surface area contributed by atoms with Crippen LogP contribution in [0.3, 0.4) is 0 Å². The second-order valence-electron chi connectivity index (χ2n) is 4.35. The van der Waals surface area contributed by atoms with Gasteiger partial charge in [-0.2, -0.15) is 0 Å². The largest absolute Gasteiger partial charge is 0.266 e. The number of fused-ring (bicyclic) bond motifs is 1. The first-order valence-corrected chi connectivity index (χ1v) is 5.79. The van der Waals surface area contributed by atoms with Gasteiger partial charge in [-0.05, 0) is 31.4 Å². The van der Waals surface area contributed by atoms with Crippen molar-refractivity contribution in [3.05, 3.63) is 28.2 Å². The van der Waals surface area contributed by atoms with Gasteiger partial charge < -0.3 is 0 Å². The van der Waals surface area contributed by atoms with Crippen LogP contribution in [0, 0.1) is 6.92 Å². The summed E-state index contributed by atoms with van der Waals surface area (Å²) in [7, 11) is 0. The number of hydrogen-bond acceptors (Lipinski definition) is 2. The Morgan fingerprint density at radius 3 is 2.76 bits per heavy atom. The summed E-state index contributed by atoms with van der Waals surface area (Å²) in [5.74, 6) is 1.08. The SMILES string of the molecule is Cc1cc(C(F)F)c(Cl)n2nc(C3CC3)nc12. The van der Waals surface area contributed by atoms with E-state index in [2.05, 4.69) is 10.1 Å². The lowest BCUT2D eigenvalue weighted by atomic mass is 10.2. The van der Waals surface area contributed by atoms with Crippen LogP contribution >= 0.6 is 11.6 Å². The van der Waals surface area contributed by atoms with E-state index in [4.69, 9.17) is 11.6 Å². The Morgan fingerprint density at radius 2 is 2.18 bits per heavy atom. The summed E-state index contributed by atoms with van der Waals surface area (Å²) >= 11 is 5.93. The molecular weight excluding hydrogens is 248 g/mol. The Morgan fingerprint density at radius 1 is 1.47 bits per heavy atom. The van der Waals surface area contributed by atoms with Gasteiger partial charge in [-0.1, -0.05) is 11.6 Å². The van der Waals surface area contributed by atoms with E-state index in [1.54, 1.807) is 6.92 Å². The van der Waals surface area contributed by atoms with E-state index in [-0.39, 0.29) is 10.7 Å². The number of nitrogens with zero attached hydrogens (tertiary/aromatic N) is 3. The van der Waals surface area contributed by atoms with Crippen molar-refractivity contribution < 1.29 is 8.78 Å². The molecule has 0 amide bonds. The van der Waals surface area contributed by atoms with Crippen molar-refractivity contribution in [1.29, 1.82) is 0 Å². The molecule has 1 aliphatic carbocycles. The van der Waals surface area contributed by atoms with Crippen molar-refractivity contribution in [2.75, 3.05) is 0 Å². The lowest BCUT2D eigenvalue weighted by Crippen LogP contribution is -1.98. The van der Waals surface area contributed by atoms with Crippen LogP contribution in [-0.2, 0) is 0 Å². The molecule has 2 aromatic heterocycles. The molecule has 17 heavy (non-hydrogen) atoms. The molecule has 0 bridgehead atoms. The van der Waals surface area contributed by atoms with Gasteiger partial charge in [-0.3, -0.25) is 0 Å². The molecule has 1 fully saturated rings. The minimum Gasteiger partial charge on any atom is -0.211 e. The molecule has 1 saturated carbocycles. The zero-order chi connectivity index (χ0) is 12.2. The van der Waals surface area contributed by atoms with E-state index in [1.165, 1.54) is 10.6 Å². The fourth-order valence-electron chi connectivity index (χ4n) is 1.87. The number of alkyl halides is 2. The molecule has 90 valence electrons. The fourth-order valence-corrected chi connectivity index (χ4v) is 2.12. The van der Waals surface area contributed by atoms with Gasteiger partial charge in [-0.15, -0.1) is 5.10 Å². The lowest BCUT2D eigenvalue weighted by molar-refractivity contribution is 0.151. The van der Waals surface area contributed by atoms with Crippen LogP contribution in [0.1, 0.15) is 42.1 Å². The summed E-state index contributed by atoms with van der Waals surface area (Å²) in [4.78, 5) is 4.36. The quantitative estimate of drug-likeness (QED) is 0.771. The molecule has 0 saturated heterocycles. The molecule has 0 aromatic carbocycles. The summed E-state index contributed by atoms with van der Waals surface area (Å²) in [5.41, 5.74) is 1.05. The van der Waals surface area contributed by atoms with E-state index < -0.39 is 6.43 Å². The van der Waals surface area contributed by atoms with Gasteiger partial charge in [-0.25, -0.2) is 18.3 Å².